The molecule has 0 aliphatic carbocycles. The molecule has 0 saturated carbocycles. The van der Waals surface area contributed by atoms with Crippen molar-refractivity contribution in [2.24, 2.45) is 32.6 Å². The standard InChI is InChI=1S/C30H26N6O6S/c1-18-25(27(37)34(31-18)21-10-6-4-7-11-21)30(20(3)33-36(29(30)39)22-12-8-5-9-13-22)26-19(2)32-35(28(26)38)23-14-16-24(17-15-23)43(40,41)42/h4-17,25-26H,1-3H3,(H,40,41,42)/t25-,26+,30-/m1/s1. The van der Waals surface area contributed by atoms with E-state index in [1.807, 2.05) is 6.07 Å². The Morgan fingerprint density at radius 1 is 0.628 bits per heavy atom. The SMILES string of the molecule is CC1=NN(c2ccc(S(=O)(=O)O)cc2)C(=O)[C@H]1[C@@]1([C@H]2C(=O)N(c3ccccc3)N=C2C)C(=O)N(c2ccccc2)N=C1C. The van der Waals surface area contributed by atoms with Crippen LogP contribution in [0.4, 0.5) is 17.1 Å². The zero-order valence-corrected chi connectivity index (χ0v) is 24.1. The molecule has 0 bridgehead atoms. The van der Waals surface area contributed by atoms with Gasteiger partial charge in [0.2, 0.25) is 0 Å². The first-order valence-corrected chi connectivity index (χ1v) is 14.8. The van der Waals surface area contributed by atoms with E-state index in [9.17, 15) is 27.4 Å². The van der Waals surface area contributed by atoms with Crippen LogP contribution in [0.25, 0.3) is 0 Å². The number of hydrogen-bond acceptors (Lipinski definition) is 8. The lowest BCUT2D eigenvalue weighted by Crippen LogP contribution is -2.58. The van der Waals surface area contributed by atoms with E-state index in [0.29, 0.717) is 17.1 Å². The zero-order chi connectivity index (χ0) is 30.7. The number of rotatable bonds is 6. The van der Waals surface area contributed by atoms with Crippen molar-refractivity contribution in [1.29, 1.82) is 0 Å². The van der Waals surface area contributed by atoms with Crippen molar-refractivity contribution in [2.45, 2.75) is 25.7 Å². The molecule has 6 rings (SSSR count). The molecular formula is C30H26N6O6S. The second-order valence-electron chi connectivity index (χ2n) is 10.5. The van der Waals surface area contributed by atoms with Gasteiger partial charge in [-0.15, -0.1) is 0 Å². The fraction of sp³-hybridized carbons (Fsp3) is 0.200. The maximum Gasteiger partial charge on any atom is 0.294 e. The Morgan fingerprint density at radius 3 is 1.49 bits per heavy atom. The van der Waals surface area contributed by atoms with Gasteiger partial charge in [-0.1, -0.05) is 36.4 Å². The third-order valence-corrected chi connectivity index (χ3v) is 8.82. The van der Waals surface area contributed by atoms with E-state index in [2.05, 4.69) is 15.3 Å². The summed E-state index contributed by atoms with van der Waals surface area (Å²) in [6, 6.07) is 22.4. The lowest BCUT2D eigenvalue weighted by Gasteiger charge is -2.37. The van der Waals surface area contributed by atoms with Gasteiger partial charge >= 0.3 is 0 Å². The van der Waals surface area contributed by atoms with E-state index < -0.39 is 45.1 Å². The fourth-order valence-corrected chi connectivity index (χ4v) is 6.54. The van der Waals surface area contributed by atoms with Gasteiger partial charge in [0, 0.05) is 11.4 Å². The number of para-hydroxylation sites is 2. The Bertz CT molecular complexity index is 1860. The van der Waals surface area contributed by atoms with Gasteiger partial charge in [0.25, 0.3) is 27.8 Å². The molecule has 0 aromatic heterocycles. The summed E-state index contributed by atoms with van der Waals surface area (Å²) in [7, 11) is -4.46. The quantitative estimate of drug-likeness (QED) is 0.427. The van der Waals surface area contributed by atoms with Gasteiger partial charge in [0.15, 0.2) is 0 Å². The molecule has 3 aromatic carbocycles. The summed E-state index contributed by atoms with van der Waals surface area (Å²) < 4.78 is 32.5. The van der Waals surface area contributed by atoms with Gasteiger partial charge in [-0.05, 0) is 69.3 Å². The number of carbonyl (C=O) groups excluding carboxylic acids is 3. The molecule has 3 amide bonds. The lowest BCUT2D eigenvalue weighted by molar-refractivity contribution is -0.136. The van der Waals surface area contributed by atoms with Crippen LogP contribution in [0.2, 0.25) is 0 Å². The van der Waals surface area contributed by atoms with E-state index in [4.69, 9.17) is 0 Å². The summed E-state index contributed by atoms with van der Waals surface area (Å²) in [6.45, 7) is 4.87. The van der Waals surface area contributed by atoms with E-state index in [-0.39, 0.29) is 22.0 Å². The smallest absolute Gasteiger partial charge is 0.282 e. The number of anilines is 3. The van der Waals surface area contributed by atoms with E-state index >= 15 is 0 Å². The topological polar surface area (TPSA) is 152 Å². The Hall–Kier alpha value is -5.01. The van der Waals surface area contributed by atoms with Crippen LogP contribution in [0, 0.1) is 17.3 Å². The monoisotopic (exact) mass is 598 g/mol. The number of benzene rings is 3. The maximum atomic E-state index is 14.7. The van der Waals surface area contributed by atoms with Crippen LogP contribution in [0.5, 0.6) is 0 Å². The Balaban J connectivity index is 1.48. The van der Waals surface area contributed by atoms with Crippen LogP contribution in [-0.4, -0.2) is 47.8 Å². The van der Waals surface area contributed by atoms with Gasteiger partial charge in [0.1, 0.15) is 17.3 Å². The first-order valence-electron chi connectivity index (χ1n) is 13.3. The minimum Gasteiger partial charge on any atom is -0.282 e. The average Bonchev–Trinajstić information content (AvgIpc) is 3.56. The fourth-order valence-electron chi connectivity index (χ4n) is 6.06. The molecule has 3 aliphatic heterocycles. The highest BCUT2D eigenvalue weighted by Gasteiger charge is 2.68. The molecule has 0 fully saturated rings. The van der Waals surface area contributed by atoms with Gasteiger partial charge in [-0.3, -0.25) is 18.9 Å². The first kappa shape index (κ1) is 28.1. The number of hydrazone groups is 3. The molecule has 1 N–H and O–H groups in total. The molecule has 3 aromatic rings. The summed E-state index contributed by atoms with van der Waals surface area (Å²) >= 11 is 0. The predicted molar refractivity (Wildman–Crippen MR) is 160 cm³/mol. The summed E-state index contributed by atoms with van der Waals surface area (Å²) in [5.74, 6) is -4.09. The Kier molecular flexibility index (Phi) is 6.58. The van der Waals surface area contributed by atoms with Gasteiger partial charge < -0.3 is 0 Å². The van der Waals surface area contributed by atoms with Crippen LogP contribution in [0.1, 0.15) is 20.8 Å². The van der Waals surface area contributed by atoms with Crippen LogP contribution in [0.15, 0.2) is 105 Å². The summed E-state index contributed by atoms with van der Waals surface area (Å²) in [5.41, 5.74) is 0.227. The van der Waals surface area contributed by atoms with Gasteiger partial charge in [-0.2, -0.15) is 28.7 Å². The Morgan fingerprint density at radius 2 is 1.05 bits per heavy atom. The molecule has 0 radical (unpaired) electrons. The third-order valence-electron chi connectivity index (χ3n) is 7.95. The second kappa shape index (κ2) is 10.1. The molecule has 0 saturated heterocycles. The average molecular weight is 599 g/mol. The summed E-state index contributed by atoms with van der Waals surface area (Å²) in [6.07, 6.45) is 0. The van der Waals surface area contributed by atoms with Crippen molar-refractivity contribution in [2.75, 3.05) is 15.0 Å². The highest BCUT2D eigenvalue weighted by molar-refractivity contribution is 7.85. The van der Waals surface area contributed by atoms with Crippen LogP contribution >= 0.6 is 0 Å². The van der Waals surface area contributed by atoms with Crippen molar-refractivity contribution in [1.82, 2.24) is 0 Å². The normalized spacial score (nSPS) is 24.0. The van der Waals surface area contributed by atoms with Crippen LogP contribution in [-0.2, 0) is 24.5 Å². The van der Waals surface area contributed by atoms with E-state index in [1.165, 1.54) is 22.2 Å². The minimum absolute atomic E-state index is 0.211. The first-order chi connectivity index (χ1) is 20.5. The molecular weight excluding hydrogens is 572 g/mol. The molecule has 3 aliphatic rings. The van der Waals surface area contributed by atoms with Crippen molar-refractivity contribution in [3.63, 3.8) is 0 Å². The van der Waals surface area contributed by atoms with Crippen molar-refractivity contribution in [3.05, 3.63) is 84.9 Å². The van der Waals surface area contributed by atoms with E-state index in [1.54, 1.807) is 75.4 Å². The molecule has 0 unspecified atom stereocenters. The second-order valence-corrected chi connectivity index (χ2v) is 11.9. The third kappa shape index (κ3) is 4.27. The van der Waals surface area contributed by atoms with Crippen LogP contribution < -0.4 is 15.0 Å². The van der Waals surface area contributed by atoms with Gasteiger partial charge in [0.05, 0.1) is 27.7 Å². The molecule has 218 valence electrons. The molecule has 43 heavy (non-hydrogen) atoms. The van der Waals surface area contributed by atoms with Crippen molar-refractivity contribution < 1.29 is 27.4 Å². The number of amides is 3. The van der Waals surface area contributed by atoms with Gasteiger partial charge in [-0.25, -0.2) is 10.0 Å². The summed E-state index contributed by atoms with van der Waals surface area (Å²) in [5, 5.41) is 17.1. The van der Waals surface area contributed by atoms with Crippen molar-refractivity contribution in [3.8, 4) is 0 Å². The number of nitrogens with zero attached hydrogens (tertiary/aromatic N) is 6. The molecule has 3 heterocycles. The molecule has 3 atom stereocenters. The number of hydrogen-bond donors (Lipinski definition) is 1. The lowest BCUT2D eigenvalue weighted by atomic mass is 9.60. The Labute approximate surface area is 247 Å². The zero-order valence-electron chi connectivity index (χ0n) is 23.3. The number of carbonyl (C=O) groups is 3. The molecule has 12 nitrogen and oxygen atoms in total. The summed E-state index contributed by atoms with van der Waals surface area (Å²) in [4.78, 5) is 42.9. The molecule has 13 heteroatoms. The van der Waals surface area contributed by atoms with Crippen LogP contribution in [0.3, 0.4) is 0 Å². The largest absolute Gasteiger partial charge is 0.294 e. The maximum absolute atomic E-state index is 14.7. The minimum atomic E-state index is -4.46. The highest BCUT2D eigenvalue weighted by Crippen LogP contribution is 2.51. The predicted octanol–water partition coefficient (Wildman–Crippen LogP) is 3.72. The van der Waals surface area contributed by atoms with E-state index in [0.717, 1.165) is 17.1 Å². The molecule has 0 spiro atoms. The van der Waals surface area contributed by atoms with Crippen molar-refractivity contribution >= 4 is 62.0 Å². The highest BCUT2D eigenvalue weighted by atomic mass is 32.2.